The van der Waals surface area contributed by atoms with Gasteiger partial charge in [0.25, 0.3) is 5.56 Å². The van der Waals surface area contributed by atoms with E-state index in [4.69, 9.17) is 0 Å². The van der Waals surface area contributed by atoms with Gasteiger partial charge in [-0.2, -0.15) is 0 Å². The van der Waals surface area contributed by atoms with Gasteiger partial charge in [-0.05, 0) is 59.6 Å². The third kappa shape index (κ3) is 2.54. The predicted octanol–water partition coefficient (Wildman–Crippen LogP) is 4.40. The Kier molecular flexibility index (Phi) is 3.62. The van der Waals surface area contributed by atoms with Crippen molar-refractivity contribution in [3.63, 3.8) is 0 Å². The molecule has 0 fully saturated rings. The van der Waals surface area contributed by atoms with Crippen molar-refractivity contribution in [2.75, 3.05) is 0 Å². The summed E-state index contributed by atoms with van der Waals surface area (Å²) >= 11 is 1.62. The molecule has 4 nitrogen and oxygen atoms in total. The van der Waals surface area contributed by atoms with Gasteiger partial charge in [-0.25, -0.2) is 4.98 Å². The van der Waals surface area contributed by atoms with Crippen molar-refractivity contribution >= 4 is 27.3 Å². The molecule has 29 heavy (non-hydrogen) atoms. The maximum Gasteiger partial charge on any atom is 0.262 e. The third-order valence-corrected chi connectivity index (χ3v) is 7.33. The highest BCUT2D eigenvalue weighted by molar-refractivity contribution is 7.18. The normalized spacial score (nSPS) is 14.1. The number of thiophene rings is 1. The minimum absolute atomic E-state index is 0.0207. The average molecular weight is 398 g/mol. The molecule has 0 spiro atoms. The Morgan fingerprint density at radius 1 is 1.07 bits per heavy atom. The van der Waals surface area contributed by atoms with Crippen LogP contribution in [0.25, 0.3) is 21.3 Å². The molecule has 0 unspecified atom stereocenters. The molecule has 5 heteroatoms. The second-order valence-corrected chi connectivity index (χ2v) is 8.93. The molecular formula is C24H18N2O2S. The number of ketones is 1. The van der Waals surface area contributed by atoms with Gasteiger partial charge in [0, 0.05) is 10.4 Å². The number of hydrogen-bond donors (Lipinski definition) is 0. The van der Waals surface area contributed by atoms with Crippen LogP contribution in [0.2, 0.25) is 0 Å². The molecule has 6 rings (SSSR count). The summed E-state index contributed by atoms with van der Waals surface area (Å²) in [5.74, 6) is -0.0627. The minimum atomic E-state index is -0.0887. The summed E-state index contributed by atoms with van der Waals surface area (Å²) in [7, 11) is 0. The van der Waals surface area contributed by atoms with E-state index in [2.05, 4.69) is 17.1 Å². The van der Waals surface area contributed by atoms with Crippen molar-refractivity contribution in [3.8, 4) is 11.1 Å². The zero-order valence-corrected chi connectivity index (χ0v) is 16.6. The molecule has 2 aliphatic carbocycles. The first-order valence-electron chi connectivity index (χ1n) is 9.93. The van der Waals surface area contributed by atoms with Crippen LogP contribution in [-0.4, -0.2) is 15.3 Å². The van der Waals surface area contributed by atoms with E-state index < -0.39 is 0 Å². The first-order chi connectivity index (χ1) is 14.2. The number of hydrogen-bond acceptors (Lipinski definition) is 4. The molecule has 0 saturated heterocycles. The number of Topliss-reactive ketones (excluding diaryl/α,β-unsaturated/α-hetero) is 1. The summed E-state index contributed by atoms with van der Waals surface area (Å²) in [6.45, 7) is 0.0207. The quantitative estimate of drug-likeness (QED) is 0.423. The molecule has 2 aliphatic rings. The minimum Gasteiger partial charge on any atom is -0.292 e. The van der Waals surface area contributed by atoms with E-state index >= 15 is 0 Å². The second-order valence-electron chi connectivity index (χ2n) is 7.84. The van der Waals surface area contributed by atoms with Crippen LogP contribution in [0.4, 0.5) is 0 Å². The van der Waals surface area contributed by atoms with Crippen LogP contribution in [0.3, 0.4) is 0 Å². The van der Waals surface area contributed by atoms with Gasteiger partial charge < -0.3 is 0 Å². The molecule has 0 radical (unpaired) electrons. The number of nitrogens with zero attached hydrogens (tertiary/aromatic N) is 2. The summed E-state index contributed by atoms with van der Waals surface area (Å²) in [5.41, 5.74) is 6.58. The summed E-state index contributed by atoms with van der Waals surface area (Å²) < 4.78 is 1.47. The Morgan fingerprint density at radius 2 is 1.93 bits per heavy atom. The van der Waals surface area contributed by atoms with E-state index in [9.17, 15) is 9.59 Å². The number of carbonyl (C=O) groups excluding carboxylic acids is 1. The largest absolute Gasteiger partial charge is 0.292 e. The van der Waals surface area contributed by atoms with E-state index in [-0.39, 0.29) is 17.9 Å². The van der Waals surface area contributed by atoms with Crippen LogP contribution >= 0.6 is 11.3 Å². The Bertz CT molecular complexity index is 1380. The fourth-order valence-electron chi connectivity index (χ4n) is 4.68. The number of aryl methyl sites for hydroxylation is 2. The predicted molar refractivity (Wildman–Crippen MR) is 115 cm³/mol. The van der Waals surface area contributed by atoms with Crippen LogP contribution in [0, 0.1) is 0 Å². The first-order valence-corrected chi connectivity index (χ1v) is 10.7. The van der Waals surface area contributed by atoms with Gasteiger partial charge in [0.15, 0.2) is 5.78 Å². The van der Waals surface area contributed by atoms with Crippen molar-refractivity contribution in [2.45, 2.75) is 32.2 Å². The number of fused-ring (bicyclic) bond motifs is 6. The summed E-state index contributed by atoms with van der Waals surface area (Å²) in [6, 6.07) is 14.2. The Balaban J connectivity index is 1.36. The maximum atomic E-state index is 13.0. The lowest BCUT2D eigenvalue weighted by atomic mass is 10.0. The fraction of sp³-hybridized carbons (Fsp3) is 0.208. The van der Waals surface area contributed by atoms with Crippen molar-refractivity contribution in [3.05, 3.63) is 86.3 Å². The Morgan fingerprint density at radius 3 is 2.86 bits per heavy atom. The third-order valence-electron chi connectivity index (χ3n) is 6.13. The topological polar surface area (TPSA) is 52.0 Å². The molecule has 2 aromatic carbocycles. The van der Waals surface area contributed by atoms with E-state index in [1.165, 1.54) is 32.5 Å². The summed E-state index contributed by atoms with van der Waals surface area (Å²) in [4.78, 5) is 32.6. The molecule has 0 saturated carbocycles. The summed E-state index contributed by atoms with van der Waals surface area (Å²) in [6.07, 6.45) is 5.50. The van der Waals surface area contributed by atoms with E-state index in [0.717, 1.165) is 47.0 Å². The lowest BCUT2D eigenvalue weighted by Crippen LogP contribution is -2.24. The number of aromatic nitrogens is 2. The van der Waals surface area contributed by atoms with Crippen molar-refractivity contribution < 1.29 is 4.79 Å². The van der Waals surface area contributed by atoms with Gasteiger partial charge >= 0.3 is 0 Å². The van der Waals surface area contributed by atoms with Crippen LogP contribution < -0.4 is 5.56 Å². The van der Waals surface area contributed by atoms with Gasteiger partial charge in [-0.3, -0.25) is 14.2 Å². The lowest BCUT2D eigenvalue weighted by Gasteiger charge is -2.08. The molecular weight excluding hydrogens is 380 g/mol. The SMILES string of the molecule is O=C(Cn1cnc2sc3c(c2c1=O)CCC3)c1ccc2c(c1)-c1ccccc1C2. The van der Waals surface area contributed by atoms with Crippen molar-refractivity contribution in [1.82, 2.24) is 9.55 Å². The highest BCUT2D eigenvalue weighted by atomic mass is 32.1. The average Bonchev–Trinajstić information content (AvgIpc) is 3.41. The van der Waals surface area contributed by atoms with Crippen molar-refractivity contribution in [1.29, 1.82) is 0 Å². The van der Waals surface area contributed by atoms with Crippen LogP contribution in [-0.2, 0) is 25.8 Å². The molecule has 2 heterocycles. The Hall–Kier alpha value is -3.05. The monoisotopic (exact) mass is 398 g/mol. The van der Waals surface area contributed by atoms with Crippen LogP contribution in [0.1, 0.15) is 38.3 Å². The number of rotatable bonds is 3. The molecule has 0 amide bonds. The smallest absolute Gasteiger partial charge is 0.262 e. The van der Waals surface area contributed by atoms with Gasteiger partial charge in [-0.15, -0.1) is 11.3 Å². The Labute approximate surface area is 171 Å². The highest BCUT2D eigenvalue weighted by Crippen LogP contribution is 2.37. The van der Waals surface area contributed by atoms with Gasteiger partial charge in [-0.1, -0.05) is 36.4 Å². The maximum absolute atomic E-state index is 13.0. The van der Waals surface area contributed by atoms with E-state index in [1.807, 2.05) is 30.3 Å². The molecule has 2 aromatic heterocycles. The summed E-state index contributed by atoms with van der Waals surface area (Å²) in [5, 5.41) is 0.723. The van der Waals surface area contributed by atoms with E-state index in [0.29, 0.717) is 5.56 Å². The lowest BCUT2D eigenvalue weighted by molar-refractivity contribution is 0.0970. The van der Waals surface area contributed by atoms with Crippen LogP contribution in [0.15, 0.2) is 53.6 Å². The van der Waals surface area contributed by atoms with E-state index in [1.54, 1.807) is 11.3 Å². The fourth-order valence-corrected chi connectivity index (χ4v) is 5.89. The molecule has 0 N–H and O–H groups in total. The molecule has 4 aromatic rings. The van der Waals surface area contributed by atoms with Crippen molar-refractivity contribution in [2.24, 2.45) is 0 Å². The molecule has 142 valence electrons. The molecule has 0 atom stereocenters. The molecule has 0 aliphatic heterocycles. The second kappa shape index (κ2) is 6.22. The zero-order valence-electron chi connectivity index (χ0n) is 15.8. The molecule has 0 bridgehead atoms. The number of benzene rings is 2. The zero-order chi connectivity index (χ0) is 19.5. The van der Waals surface area contributed by atoms with Gasteiger partial charge in [0.05, 0.1) is 18.3 Å². The van der Waals surface area contributed by atoms with Gasteiger partial charge in [0.2, 0.25) is 0 Å². The van der Waals surface area contributed by atoms with Gasteiger partial charge in [0.1, 0.15) is 4.83 Å². The number of carbonyl (C=O) groups is 1. The first kappa shape index (κ1) is 16.9. The van der Waals surface area contributed by atoms with Crippen LogP contribution in [0.5, 0.6) is 0 Å². The standard InChI is InChI=1S/C24H18N2O2S/c27-20(16-9-8-15-10-14-4-1-2-5-17(14)19(15)11-16)12-26-13-25-23-22(24(26)28)18-6-3-7-21(18)29-23/h1-2,4-5,8-9,11,13H,3,6-7,10,12H2. The highest BCUT2D eigenvalue weighted by Gasteiger charge is 2.23.